The van der Waals surface area contributed by atoms with Crippen LogP contribution in [0.25, 0.3) is 0 Å². The maximum atomic E-state index is 12.6. The van der Waals surface area contributed by atoms with Crippen molar-refractivity contribution in [2.75, 3.05) is 19.8 Å². The molecular formula is C29H55NO5. The first-order valence-electron chi connectivity index (χ1n) is 14.6. The van der Waals surface area contributed by atoms with E-state index in [2.05, 4.69) is 19.2 Å². The van der Waals surface area contributed by atoms with Crippen molar-refractivity contribution in [1.82, 2.24) is 5.32 Å². The molecule has 6 heteroatoms. The minimum atomic E-state index is -0.455. The summed E-state index contributed by atoms with van der Waals surface area (Å²) in [6.07, 6.45) is 17.2. The van der Waals surface area contributed by atoms with Gasteiger partial charge in [0.2, 0.25) is 0 Å². The van der Waals surface area contributed by atoms with Gasteiger partial charge in [0.1, 0.15) is 6.04 Å². The summed E-state index contributed by atoms with van der Waals surface area (Å²) in [6.45, 7) is 9.89. The van der Waals surface area contributed by atoms with Gasteiger partial charge >= 0.3 is 11.9 Å². The highest BCUT2D eigenvalue weighted by molar-refractivity contribution is 5.76. The Hall–Kier alpha value is -1.14. The summed E-state index contributed by atoms with van der Waals surface area (Å²) in [7, 11) is 0. The molecule has 0 amide bonds. The monoisotopic (exact) mass is 497 g/mol. The molecule has 0 saturated carbocycles. The molecule has 1 rings (SSSR count). The fourth-order valence-electron chi connectivity index (χ4n) is 4.83. The molecule has 35 heavy (non-hydrogen) atoms. The summed E-state index contributed by atoms with van der Waals surface area (Å²) >= 11 is 0. The van der Waals surface area contributed by atoms with Crippen LogP contribution in [-0.4, -0.2) is 48.9 Å². The van der Waals surface area contributed by atoms with Gasteiger partial charge in [-0.3, -0.25) is 9.59 Å². The van der Waals surface area contributed by atoms with E-state index >= 15 is 0 Å². The van der Waals surface area contributed by atoms with Crippen molar-refractivity contribution in [3.8, 4) is 0 Å². The van der Waals surface area contributed by atoms with Crippen LogP contribution in [0.15, 0.2) is 0 Å². The highest BCUT2D eigenvalue weighted by Gasteiger charge is 2.30. The average molecular weight is 498 g/mol. The lowest BCUT2D eigenvalue weighted by Gasteiger charge is -2.23. The minimum absolute atomic E-state index is 0.0776. The normalized spacial score (nSPS) is 18.2. The van der Waals surface area contributed by atoms with Crippen molar-refractivity contribution in [1.29, 1.82) is 0 Å². The number of carbonyl (C=O) groups is 2. The van der Waals surface area contributed by atoms with Crippen LogP contribution in [0.5, 0.6) is 0 Å². The lowest BCUT2D eigenvalue weighted by atomic mass is 9.87. The fraction of sp³-hybridized carbons (Fsp3) is 0.931. The minimum Gasteiger partial charge on any atom is -0.465 e. The first kappa shape index (κ1) is 31.9. The van der Waals surface area contributed by atoms with Gasteiger partial charge in [-0.15, -0.1) is 0 Å². The molecule has 1 heterocycles. The van der Waals surface area contributed by atoms with Crippen molar-refractivity contribution in [2.45, 2.75) is 143 Å². The number of hydrogen-bond donors (Lipinski definition) is 2. The van der Waals surface area contributed by atoms with Crippen LogP contribution in [0.3, 0.4) is 0 Å². The van der Waals surface area contributed by atoms with E-state index in [1.807, 2.05) is 13.8 Å². The Balaban J connectivity index is 2.12. The molecule has 0 unspecified atom stereocenters. The van der Waals surface area contributed by atoms with Gasteiger partial charge in [-0.05, 0) is 45.4 Å². The largest absolute Gasteiger partial charge is 0.465 e. The number of rotatable bonds is 21. The van der Waals surface area contributed by atoms with Gasteiger partial charge in [0, 0.05) is 13.0 Å². The Morgan fingerprint density at radius 1 is 0.857 bits per heavy atom. The Labute approximate surface area is 215 Å². The zero-order valence-electron chi connectivity index (χ0n) is 23.2. The average Bonchev–Trinajstić information content (AvgIpc) is 3.27. The van der Waals surface area contributed by atoms with Crippen LogP contribution in [0.2, 0.25) is 0 Å². The summed E-state index contributed by atoms with van der Waals surface area (Å²) in [5.41, 5.74) is -0.455. The molecule has 2 atom stereocenters. The fourth-order valence-corrected chi connectivity index (χ4v) is 4.83. The van der Waals surface area contributed by atoms with Crippen molar-refractivity contribution in [3.63, 3.8) is 0 Å². The van der Waals surface area contributed by atoms with Crippen molar-refractivity contribution in [3.05, 3.63) is 0 Å². The van der Waals surface area contributed by atoms with Crippen LogP contribution in [-0.2, 0) is 19.1 Å². The number of esters is 2. The van der Waals surface area contributed by atoms with E-state index in [0.717, 1.165) is 44.4 Å². The number of nitrogens with one attached hydrogen (secondary N) is 1. The molecule has 1 aliphatic heterocycles. The molecule has 6 nitrogen and oxygen atoms in total. The highest BCUT2D eigenvalue weighted by atomic mass is 16.5. The Morgan fingerprint density at radius 3 is 2.06 bits per heavy atom. The Morgan fingerprint density at radius 2 is 1.46 bits per heavy atom. The molecule has 0 spiro atoms. The number of β-amino-alcohol motifs (C(OH)–C–C–N with tert-alkyl or cyclic N) is 1. The third kappa shape index (κ3) is 14.9. The number of carbonyl (C=O) groups excluding carboxylic acids is 2. The van der Waals surface area contributed by atoms with Gasteiger partial charge in [0.25, 0.3) is 0 Å². The molecule has 0 aromatic carbocycles. The third-order valence-corrected chi connectivity index (χ3v) is 7.31. The van der Waals surface area contributed by atoms with Gasteiger partial charge in [0.05, 0.1) is 24.7 Å². The third-order valence-electron chi connectivity index (χ3n) is 7.31. The van der Waals surface area contributed by atoms with E-state index in [0.29, 0.717) is 26.2 Å². The van der Waals surface area contributed by atoms with E-state index in [9.17, 15) is 14.7 Å². The topological polar surface area (TPSA) is 84.9 Å². The van der Waals surface area contributed by atoms with Crippen LogP contribution in [0, 0.1) is 11.3 Å². The Bertz CT molecular complexity index is 555. The molecule has 0 bridgehead atoms. The summed E-state index contributed by atoms with van der Waals surface area (Å²) < 4.78 is 11.0. The number of aliphatic hydroxyl groups is 1. The van der Waals surface area contributed by atoms with Gasteiger partial charge < -0.3 is 19.9 Å². The molecule has 1 fully saturated rings. The quantitative estimate of drug-likeness (QED) is 0.142. The highest BCUT2D eigenvalue weighted by Crippen LogP contribution is 2.27. The summed E-state index contributed by atoms with van der Waals surface area (Å²) in [4.78, 5) is 24.5. The second-order valence-corrected chi connectivity index (χ2v) is 11.2. The SMILES string of the molecule is CCCCCC(CCCCC)CCCOC(=O)C(C)(C)CCCCCCOC(=O)[C@@H]1C[C@@H](O)CN1. The van der Waals surface area contributed by atoms with Crippen molar-refractivity contribution < 1.29 is 24.2 Å². The van der Waals surface area contributed by atoms with Crippen molar-refractivity contribution in [2.24, 2.45) is 11.3 Å². The molecule has 0 aliphatic carbocycles. The number of unbranched alkanes of at least 4 members (excludes halogenated alkanes) is 7. The Kier molecular flexibility index (Phi) is 17.3. The van der Waals surface area contributed by atoms with E-state index in [1.165, 1.54) is 57.8 Å². The standard InChI is InChI=1S/C29H55NO5/c1-5-7-11-16-24(17-12-8-6-2)18-15-21-35-28(33)29(3,4)19-13-9-10-14-20-34-27(32)26-22-25(31)23-30-26/h24-26,30-31H,5-23H2,1-4H3/t25-,26+/m1/s1. The molecule has 1 saturated heterocycles. The van der Waals surface area contributed by atoms with E-state index in [-0.39, 0.29) is 18.0 Å². The number of ether oxygens (including phenoxy) is 2. The molecule has 2 N–H and O–H groups in total. The second-order valence-electron chi connectivity index (χ2n) is 11.2. The van der Waals surface area contributed by atoms with Gasteiger partial charge in [0.15, 0.2) is 0 Å². The van der Waals surface area contributed by atoms with E-state index in [4.69, 9.17) is 9.47 Å². The molecular weight excluding hydrogens is 442 g/mol. The first-order chi connectivity index (χ1) is 16.8. The molecule has 0 aromatic rings. The van der Waals surface area contributed by atoms with Gasteiger partial charge in [-0.2, -0.15) is 0 Å². The summed E-state index contributed by atoms with van der Waals surface area (Å²) in [5.74, 6) is 0.435. The zero-order chi connectivity index (χ0) is 25.9. The maximum Gasteiger partial charge on any atom is 0.323 e. The van der Waals surface area contributed by atoms with Gasteiger partial charge in [-0.25, -0.2) is 0 Å². The lowest BCUT2D eigenvalue weighted by Crippen LogP contribution is -2.32. The second kappa shape index (κ2) is 19.0. The van der Waals surface area contributed by atoms with Crippen LogP contribution in [0.4, 0.5) is 0 Å². The van der Waals surface area contributed by atoms with Crippen LogP contribution in [0.1, 0.15) is 130 Å². The summed E-state index contributed by atoms with van der Waals surface area (Å²) in [6, 6.07) is -0.371. The van der Waals surface area contributed by atoms with Crippen LogP contribution >= 0.6 is 0 Å². The smallest absolute Gasteiger partial charge is 0.323 e. The predicted octanol–water partition coefficient (Wildman–Crippen LogP) is 6.33. The van der Waals surface area contributed by atoms with Crippen LogP contribution < -0.4 is 5.32 Å². The predicted molar refractivity (Wildman–Crippen MR) is 142 cm³/mol. The summed E-state index contributed by atoms with van der Waals surface area (Å²) in [5, 5.41) is 12.4. The molecule has 206 valence electrons. The molecule has 0 radical (unpaired) electrons. The zero-order valence-corrected chi connectivity index (χ0v) is 23.2. The number of aliphatic hydroxyl groups excluding tert-OH is 1. The molecule has 1 aliphatic rings. The van der Waals surface area contributed by atoms with Crippen molar-refractivity contribution >= 4 is 11.9 Å². The maximum absolute atomic E-state index is 12.6. The van der Waals surface area contributed by atoms with Gasteiger partial charge in [-0.1, -0.05) is 84.5 Å². The van der Waals surface area contributed by atoms with E-state index in [1.54, 1.807) is 0 Å². The number of hydrogen-bond acceptors (Lipinski definition) is 6. The lowest BCUT2D eigenvalue weighted by molar-refractivity contribution is -0.154. The first-order valence-corrected chi connectivity index (χ1v) is 14.6. The molecule has 0 aromatic heterocycles. The van der Waals surface area contributed by atoms with E-state index < -0.39 is 11.5 Å².